The quantitative estimate of drug-likeness (QED) is 0.464. The van der Waals surface area contributed by atoms with Crippen molar-refractivity contribution < 1.29 is 53.0 Å². The highest BCUT2D eigenvalue weighted by atomic mass is 32.2. The van der Waals surface area contributed by atoms with Gasteiger partial charge >= 0.3 is 12.4 Å². The lowest BCUT2D eigenvalue weighted by molar-refractivity contribution is -0.376. The van der Waals surface area contributed by atoms with E-state index < -0.39 is 68.0 Å². The van der Waals surface area contributed by atoms with Crippen molar-refractivity contribution in [1.29, 1.82) is 0 Å². The van der Waals surface area contributed by atoms with Gasteiger partial charge in [0, 0.05) is 60.5 Å². The summed E-state index contributed by atoms with van der Waals surface area (Å²) >= 11 is 0. The van der Waals surface area contributed by atoms with Crippen LogP contribution in [-0.2, 0) is 22.2 Å². The maximum Gasteiger partial charge on any atom is 0.430 e. The molecular formula is C24H25F9N2O3S. The van der Waals surface area contributed by atoms with Gasteiger partial charge in [0.05, 0.1) is 6.26 Å². The molecule has 15 heteroatoms. The van der Waals surface area contributed by atoms with Crippen LogP contribution >= 0.6 is 0 Å². The number of sulfonamides is 1. The summed E-state index contributed by atoms with van der Waals surface area (Å²) < 4.78 is 150. The third-order valence-corrected chi connectivity index (χ3v) is 7.88. The lowest BCUT2D eigenvalue weighted by Gasteiger charge is -2.33. The minimum absolute atomic E-state index is 0.123. The molecule has 0 aliphatic carbocycles. The molecule has 0 bridgehead atoms. The van der Waals surface area contributed by atoms with E-state index in [9.17, 15) is 39.9 Å². The van der Waals surface area contributed by atoms with E-state index in [-0.39, 0.29) is 56.0 Å². The zero-order valence-corrected chi connectivity index (χ0v) is 21.7. The first-order valence-electron chi connectivity index (χ1n) is 11.5. The fourth-order valence-electron chi connectivity index (χ4n) is 4.52. The van der Waals surface area contributed by atoms with Gasteiger partial charge in [0.25, 0.3) is 5.60 Å². The third kappa shape index (κ3) is 5.91. The molecule has 5 nitrogen and oxygen atoms in total. The number of hydrogen-bond acceptors (Lipinski definition) is 4. The van der Waals surface area contributed by atoms with E-state index in [1.165, 1.54) is 18.2 Å². The van der Waals surface area contributed by atoms with E-state index in [2.05, 4.69) is 0 Å². The summed E-state index contributed by atoms with van der Waals surface area (Å²) in [6.07, 6.45) is -11.5. The van der Waals surface area contributed by atoms with Crippen molar-refractivity contribution in [3.05, 3.63) is 58.4 Å². The Morgan fingerprint density at radius 3 is 1.87 bits per heavy atom. The van der Waals surface area contributed by atoms with Crippen LogP contribution in [0.25, 0.3) is 11.1 Å². The average Bonchev–Trinajstić information content (AvgIpc) is 2.78. The molecule has 3 rings (SSSR count). The van der Waals surface area contributed by atoms with Crippen LogP contribution in [0.4, 0.5) is 39.5 Å². The molecule has 1 aliphatic rings. The number of rotatable bonds is 6. The molecule has 0 radical (unpaired) electrons. The molecule has 0 spiro atoms. The maximum atomic E-state index is 15.6. The summed E-state index contributed by atoms with van der Waals surface area (Å²) in [5.41, 5.74) is -9.24. The Bertz CT molecular complexity index is 1320. The standard InChI is InChI=1S/C24H25F9N2O3S/c1-13(2)19-20(16-5-4-15(11-17(16)25)22(36,23(28,29)30)24(31,32)33)18(26)10-14(21(19)27)12-34-6-8-35(9-7-34)39(3,37)38/h4-5,10-11,13,36H,6-9,12H2,1-3H3. The Kier molecular flexibility index (Phi) is 8.44. The van der Waals surface area contributed by atoms with Crippen LogP contribution in [0.3, 0.4) is 0 Å². The molecular weight excluding hydrogens is 567 g/mol. The highest BCUT2D eigenvalue weighted by molar-refractivity contribution is 7.88. The lowest BCUT2D eigenvalue weighted by atomic mass is 9.86. The van der Waals surface area contributed by atoms with Crippen molar-refractivity contribution in [2.45, 2.75) is 44.3 Å². The van der Waals surface area contributed by atoms with Gasteiger partial charge in [-0.2, -0.15) is 30.6 Å². The third-order valence-electron chi connectivity index (χ3n) is 6.58. The molecule has 1 N–H and O–H groups in total. The monoisotopic (exact) mass is 592 g/mol. The van der Waals surface area contributed by atoms with E-state index in [0.29, 0.717) is 6.07 Å². The second-order valence-corrected chi connectivity index (χ2v) is 11.6. The van der Waals surface area contributed by atoms with Crippen LogP contribution in [-0.4, -0.2) is 67.5 Å². The lowest BCUT2D eigenvalue weighted by Crippen LogP contribution is -2.53. The number of nitrogens with zero attached hydrogens (tertiary/aromatic N) is 2. The predicted molar refractivity (Wildman–Crippen MR) is 124 cm³/mol. The van der Waals surface area contributed by atoms with Gasteiger partial charge in [-0.05, 0) is 18.1 Å². The van der Waals surface area contributed by atoms with Crippen molar-refractivity contribution in [1.82, 2.24) is 9.21 Å². The molecule has 2 aromatic rings. The Labute approximate surface area is 218 Å². The van der Waals surface area contributed by atoms with E-state index in [1.54, 1.807) is 4.90 Å². The summed E-state index contributed by atoms with van der Waals surface area (Å²) in [4.78, 5) is 1.67. The normalized spacial score (nSPS) is 16.8. The summed E-state index contributed by atoms with van der Waals surface area (Å²) in [6, 6.07) is 1.15. The van der Waals surface area contributed by atoms with Gasteiger partial charge in [-0.25, -0.2) is 21.6 Å². The zero-order chi connectivity index (χ0) is 29.7. The Hall–Kier alpha value is -2.36. The van der Waals surface area contributed by atoms with Crippen LogP contribution in [0, 0.1) is 17.5 Å². The fourth-order valence-corrected chi connectivity index (χ4v) is 5.35. The number of hydrogen-bond donors (Lipinski definition) is 1. The average molecular weight is 593 g/mol. The molecule has 1 fully saturated rings. The van der Waals surface area contributed by atoms with Crippen LogP contribution < -0.4 is 0 Å². The van der Waals surface area contributed by atoms with Crippen LogP contribution in [0.5, 0.6) is 0 Å². The fraction of sp³-hybridized carbons (Fsp3) is 0.500. The van der Waals surface area contributed by atoms with Gasteiger partial charge in [0.2, 0.25) is 10.0 Å². The Morgan fingerprint density at radius 2 is 1.44 bits per heavy atom. The highest BCUT2D eigenvalue weighted by Gasteiger charge is 2.71. The van der Waals surface area contributed by atoms with Gasteiger partial charge in [0.1, 0.15) is 17.5 Å². The first-order valence-corrected chi connectivity index (χ1v) is 13.4. The molecule has 218 valence electrons. The van der Waals surface area contributed by atoms with E-state index in [0.717, 1.165) is 12.3 Å². The van der Waals surface area contributed by atoms with E-state index >= 15 is 13.2 Å². The summed E-state index contributed by atoms with van der Waals surface area (Å²) in [5.74, 6) is -4.64. The van der Waals surface area contributed by atoms with Gasteiger partial charge in [-0.3, -0.25) is 4.90 Å². The zero-order valence-electron chi connectivity index (χ0n) is 20.9. The molecule has 0 amide bonds. The maximum absolute atomic E-state index is 15.6. The molecule has 1 aliphatic heterocycles. The van der Waals surface area contributed by atoms with Crippen molar-refractivity contribution in [3.8, 4) is 11.1 Å². The largest absolute Gasteiger partial charge is 0.430 e. The van der Waals surface area contributed by atoms with Crippen molar-refractivity contribution in [2.75, 3.05) is 32.4 Å². The minimum atomic E-state index is -6.26. The summed E-state index contributed by atoms with van der Waals surface area (Å²) in [5, 5.41) is 9.54. The SMILES string of the molecule is CC(C)c1c(F)c(CN2CCN(S(C)(=O)=O)CC2)cc(F)c1-c1ccc(C(O)(C(F)(F)F)C(F)(F)F)cc1F. The highest BCUT2D eigenvalue weighted by Crippen LogP contribution is 2.50. The number of aliphatic hydroxyl groups is 1. The molecule has 1 saturated heterocycles. The van der Waals surface area contributed by atoms with Crippen molar-refractivity contribution in [2.24, 2.45) is 0 Å². The van der Waals surface area contributed by atoms with Crippen molar-refractivity contribution in [3.63, 3.8) is 0 Å². The molecule has 39 heavy (non-hydrogen) atoms. The Morgan fingerprint density at radius 1 is 0.897 bits per heavy atom. The summed E-state index contributed by atoms with van der Waals surface area (Å²) in [6.45, 7) is 3.42. The number of alkyl halides is 6. The first-order chi connectivity index (χ1) is 17.7. The van der Waals surface area contributed by atoms with Gasteiger partial charge in [-0.15, -0.1) is 0 Å². The van der Waals surface area contributed by atoms with Gasteiger partial charge in [0.15, 0.2) is 0 Å². The van der Waals surface area contributed by atoms with Gasteiger partial charge < -0.3 is 5.11 Å². The molecule has 0 unspecified atom stereocenters. The van der Waals surface area contributed by atoms with E-state index in [1.807, 2.05) is 0 Å². The number of benzene rings is 2. The van der Waals surface area contributed by atoms with Crippen LogP contribution in [0.1, 0.15) is 36.5 Å². The molecule has 0 saturated carbocycles. The number of halogens is 9. The van der Waals surface area contributed by atoms with Crippen LogP contribution in [0.15, 0.2) is 24.3 Å². The smallest absolute Gasteiger partial charge is 0.369 e. The molecule has 0 aromatic heterocycles. The van der Waals surface area contributed by atoms with Crippen LogP contribution in [0.2, 0.25) is 0 Å². The molecule has 1 heterocycles. The van der Waals surface area contributed by atoms with E-state index in [4.69, 9.17) is 0 Å². The second-order valence-electron chi connectivity index (χ2n) is 9.61. The minimum Gasteiger partial charge on any atom is -0.369 e. The number of piperazine rings is 1. The van der Waals surface area contributed by atoms with Gasteiger partial charge in [-0.1, -0.05) is 26.0 Å². The van der Waals surface area contributed by atoms with Crippen molar-refractivity contribution >= 4 is 10.0 Å². The Balaban J connectivity index is 2.05. The topological polar surface area (TPSA) is 60.9 Å². The summed E-state index contributed by atoms with van der Waals surface area (Å²) in [7, 11) is -3.43. The first kappa shape index (κ1) is 31.2. The predicted octanol–water partition coefficient (Wildman–Crippen LogP) is 5.28. The molecule has 0 atom stereocenters. The second kappa shape index (κ2) is 10.6. The molecule has 2 aromatic carbocycles.